The van der Waals surface area contributed by atoms with Crippen molar-refractivity contribution in [3.8, 4) is 11.1 Å². The second kappa shape index (κ2) is 6.46. The molecule has 0 N–H and O–H groups in total. The van der Waals surface area contributed by atoms with Gasteiger partial charge in [0.25, 0.3) is 0 Å². The highest BCUT2D eigenvalue weighted by Gasteiger charge is 2.19. The lowest BCUT2D eigenvalue weighted by molar-refractivity contribution is 1.32. The molecule has 0 aromatic heterocycles. The van der Waals surface area contributed by atoms with Crippen LogP contribution in [-0.2, 0) is 6.42 Å². The molecular weight excluding hydrogens is 348 g/mol. The van der Waals surface area contributed by atoms with Crippen molar-refractivity contribution in [3.05, 3.63) is 120 Å². The van der Waals surface area contributed by atoms with E-state index in [-0.39, 0.29) is 0 Å². The van der Waals surface area contributed by atoms with Crippen LogP contribution in [0.15, 0.2) is 103 Å². The summed E-state index contributed by atoms with van der Waals surface area (Å²) in [6.45, 7) is 0. The van der Waals surface area contributed by atoms with E-state index in [1.165, 1.54) is 54.9 Å². The van der Waals surface area contributed by atoms with Gasteiger partial charge in [-0.05, 0) is 67.4 Å². The molecule has 0 atom stereocenters. The van der Waals surface area contributed by atoms with Gasteiger partial charge in [-0.2, -0.15) is 0 Å². The fourth-order valence-corrected chi connectivity index (χ4v) is 4.73. The quantitative estimate of drug-likeness (QED) is 0.279. The molecule has 0 spiro atoms. The standard InChI is InChI=1S/C29H20/c1-2-8-20(9-3-1)25-13-6-11-22-18-23(19-29(22)25)26-14-7-15-27-24-12-5-4-10-21(24)16-17-28(26)27/h1-17,19H,18H2. The van der Waals surface area contributed by atoms with Gasteiger partial charge in [0, 0.05) is 0 Å². The number of hydrogen-bond donors (Lipinski definition) is 0. The predicted molar refractivity (Wildman–Crippen MR) is 125 cm³/mol. The molecule has 0 amide bonds. The maximum Gasteiger partial charge on any atom is -0.00132 e. The van der Waals surface area contributed by atoms with Crippen molar-refractivity contribution in [2.45, 2.75) is 6.42 Å². The Morgan fingerprint density at radius 1 is 0.483 bits per heavy atom. The third kappa shape index (κ3) is 2.61. The third-order valence-electron chi connectivity index (χ3n) is 6.11. The van der Waals surface area contributed by atoms with Gasteiger partial charge in [0.15, 0.2) is 0 Å². The smallest absolute Gasteiger partial charge is 0.00132 e. The van der Waals surface area contributed by atoms with Gasteiger partial charge in [-0.25, -0.2) is 0 Å². The molecule has 0 aliphatic heterocycles. The summed E-state index contributed by atoms with van der Waals surface area (Å²) in [5.41, 5.74) is 8.15. The summed E-state index contributed by atoms with van der Waals surface area (Å²) >= 11 is 0. The highest BCUT2D eigenvalue weighted by atomic mass is 14.2. The first-order valence-electron chi connectivity index (χ1n) is 10.2. The summed E-state index contributed by atoms with van der Waals surface area (Å²) in [7, 11) is 0. The van der Waals surface area contributed by atoms with E-state index >= 15 is 0 Å². The minimum atomic E-state index is 0.988. The van der Waals surface area contributed by atoms with Crippen molar-refractivity contribution < 1.29 is 0 Å². The van der Waals surface area contributed by atoms with Gasteiger partial charge in [0.2, 0.25) is 0 Å². The van der Waals surface area contributed by atoms with E-state index in [1.54, 1.807) is 0 Å². The Kier molecular flexibility index (Phi) is 3.64. The van der Waals surface area contributed by atoms with E-state index in [1.807, 2.05) is 0 Å². The molecule has 0 saturated heterocycles. The number of hydrogen-bond acceptors (Lipinski definition) is 0. The predicted octanol–water partition coefficient (Wildman–Crippen LogP) is 7.76. The number of fused-ring (bicyclic) bond motifs is 4. The van der Waals surface area contributed by atoms with Crippen LogP contribution in [-0.4, -0.2) is 0 Å². The number of rotatable bonds is 2. The van der Waals surface area contributed by atoms with Crippen LogP contribution in [0.3, 0.4) is 0 Å². The third-order valence-corrected chi connectivity index (χ3v) is 6.11. The summed E-state index contributed by atoms with van der Waals surface area (Å²) < 4.78 is 0. The van der Waals surface area contributed by atoms with Crippen molar-refractivity contribution in [2.24, 2.45) is 0 Å². The molecule has 29 heavy (non-hydrogen) atoms. The average Bonchev–Trinajstić information content (AvgIpc) is 3.23. The number of allylic oxidation sites excluding steroid dienone is 1. The molecule has 0 radical (unpaired) electrons. The molecule has 1 aliphatic carbocycles. The normalized spacial score (nSPS) is 12.9. The minimum Gasteiger partial charge on any atom is -0.0622 e. The largest absolute Gasteiger partial charge is 0.0622 e. The van der Waals surface area contributed by atoms with Crippen molar-refractivity contribution in [1.82, 2.24) is 0 Å². The van der Waals surface area contributed by atoms with Crippen molar-refractivity contribution in [3.63, 3.8) is 0 Å². The van der Waals surface area contributed by atoms with E-state index in [0.29, 0.717) is 0 Å². The zero-order valence-corrected chi connectivity index (χ0v) is 16.1. The van der Waals surface area contributed by atoms with E-state index in [0.717, 1.165) is 6.42 Å². The molecule has 1 aliphatic rings. The van der Waals surface area contributed by atoms with Crippen molar-refractivity contribution in [1.29, 1.82) is 0 Å². The minimum absolute atomic E-state index is 0.988. The van der Waals surface area contributed by atoms with Crippen LogP contribution in [0.1, 0.15) is 16.7 Å². The van der Waals surface area contributed by atoms with Crippen LogP contribution in [0.2, 0.25) is 0 Å². The Hall–Kier alpha value is -3.64. The zero-order valence-electron chi connectivity index (χ0n) is 16.1. The first-order valence-corrected chi connectivity index (χ1v) is 10.2. The van der Waals surface area contributed by atoms with Gasteiger partial charge in [-0.3, -0.25) is 0 Å². The molecular formula is C29H20. The Morgan fingerprint density at radius 2 is 1.24 bits per heavy atom. The molecule has 0 heterocycles. The molecule has 0 bridgehead atoms. The zero-order chi connectivity index (χ0) is 19.2. The van der Waals surface area contributed by atoms with Gasteiger partial charge in [-0.15, -0.1) is 0 Å². The summed E-state index contributed by atoms with van der Waals surface area (Å²) in [5, 5.41) is 5.30. The summed E-state index contributed by atoms with van der Waals surface area (Å²) in [4.78, 5) is 0. The molecule has 0 heteroatoms. The topological polar surface area (TPSA) is 0 Å². The van der Waals surface area contributed by atoms with Gasteiger partial charge < -0.3 is 0 Å². The SMILES string of the molecule is C1=C(c2cccc3c2ccc2ccccc23)Cc2cccc(-c3ccccc3)c21. The fraction of sp³-hybridized carbons (Fsp3) is 0.0345. The summed E-state index contributed by atoms with van der Waals surface area (Å²) in [5.74, 6) is 0. The maximum absolute atomic E-state index is 2.40. The van der Waals surface area contributed by atoms with Crippen LogP contribution < -0.4 is 0 Å². The van der Waals surface area contributed by atoms with Gasteiger partial charge in [0.1, 0.15) is 0 Å². The van der Waals surface area contributed by atoms with Crippen molar-refractivity contribution >= 4 is 33.2 Å². The van der Waals surface area contributed by atoms with Crippen LogP contribution in [0.25, 0.3) is 44.3 Å². The Labute approximate surface area is 170 Å². The number of benzene rings is 5. The molecule has 0 nitrogen and oxygen atoms in total. The highest BCUT2D eigenvalue weighted by Crippen LogP contribution is 2.40. The Morgan fingerprint density at radius 3 is 2.17 bits per heavy atom. The first-order chi connectivity index (χ1) is 14.4. The summed E-state index contributed by atoms with van der Waals surface area (Å²) in [6, 6.07) is 37.3. The van der Waals surface area contributed by atoms with Crippen LogP contribution in [0.4, 0.5) is 0 Å². The highest BCUT2D eigenvalue weighted by molar-refractivity contribution is 6.12. The first kappa shape index (κ1) is 16.3. The van der Waals surface area contributed by atoms with E-state index in [9.17, 15) is 0 Å². The molecule has 0 unspecified atom stereocenters. The lowest BCUT2D eigenvalue weighted by Gasteiger charge is -2.10. The lowest BCUT2D eigenvalue weighted by atomic mass is 9.94. The van der Waals surface area contributed by atoms with Gasteiger partial charge in [0.05, 0.1) is 0 Å². The molecule has 5 aromatic carbocycles. The van der Waals surface area contributed by atoms with Gasteiger partial charge >= 0.3 is 0 Å². The van der Waals surface area contributed by atoms with Crippen LogP contribution in [0.5, 0.6) is 0 Å². The van der Waals surface area contributed by atoms with E-state index < -0.39 is 0 Å². The molecule has 0 saturated carbocycles. The van der Waals surface area contributed by atoms with Crippen LogP contribution in [0, 0.1) is 0 Å². The van der Waals surface area contributed by atoms with Crippen molar-refractivity contribution in [2.75, 3.05) is 0 Å². The fourth-order valence-electron chi connectivity index (χ4n) is 4.73. The van der Waals surface area contributed by atoms with E-state index in [2.05, 4.69) is 109 Å². The molecule has 136 valence electrons. The Bertz CT molecular complexity index is 1400. The van der Waals surface area contributed by atoms with E-state index in [4.69, 9.17) is 0 Å². The molecule has 6 rings (SSSR count). The second-order valence-electron chi connectivity index (χ2n) is 7.78. The average molecular weight is 368 g/mol. The summed E-state index contributed by atoms with van der Waals surface area (Å²) in [6.07, 6.45) is 3.39. The second-order valence-corrected chi connectivity index (χ2v) is 7.78. The maximum atomic E-state index is 2.40. The molecule has 0 fully saturated rings. The lowest BCUT2D eigenvalue weighted by Crippen LogP contribution is -1.89. The monoisotopic (exact) mass is 368 g/mol. The Balaban J connectivity index is 1.54. The van der Waals surface area contributed by atoms with Crippen LogP contribution >= 0.6 is 0 Å². The molecule has 5 aromatic rings. The van der Waals surface area contributed by atoms with Gasteiger partial charge in [-0.1, -0.05) is 103 Å².